The lowest BCUT2D eigenvalue weighted by Gasteiger charge is -2.15. The van der Waals surface area contributed by atoms with Crippen LogP contribution in [-0.2, 0) is 14.3 Å². The van der Waals surface area contributed by atoms with Gasteiger partial charge in [-0.05, 0) is 18.4 Å². The highest BCUT2D eigenvalue weighted by atomic mass is 16.5. The molecule has 108 valence electrons. The lowest BCUT2D eigenvalue weighted by molar-refractivity contribution is -0.154. The predicted molar refractivity (Wildman–Crippen MR) is 72.8 cm³/mol. The van der Waals surface area contributed by atoms with Crippen LogP contribution in [0.2, 0.25) is 0 Å². The van der Waals surface area contributed by atoms with Crippen molar-refractivity contribution >= 4 is 17.9 Å². The second kappa shape index (κ2) is 7.28. The number of carbonyl (C=O) groups excluding carboxylic acids is 3. The molecule has 0 heterocycles. The van der Waals surface area contributed by atoms with Crippen LogP contribution in [0.1, 0.15) is 31.7 Å². The first kappa shape index (κ1) is 15.7. The molecule has 0 spiro atoms. The van der Waals surface area contributed by atoms with Gasteiger partial charge in [-0.25, -0.2) is 4.79 Å². The van der Waals surface area contributed by atoms with Crippen LogP contribution in [0.25, 0.3) is 0 Å². The maximum absolute atomic E-state index is 11.7. The molecule has 6 nitrogen and oxygen atoms in total. The van der Waals surface area contributed by atoms with Crippen LogP contribution in [0.5, 0.6) is 0 Å². The number of amides is 3. The summed E-state index contributed by atoms with van der Waals surface area (Å²) < 4.78 is 4.95. The molecular weight excluding hydrogens is 260 g/mol. The molecule has 0 unspecified atom stereocenters. The van der Waals surface area contributed by atoms with E-state index in [2.05, 4.69) is 0 Å². The van der Waals surface area contributed by atoms with Crippen LogP contribution < -0.4 is 11.1 Å². The van der Waals surface area contributed by atoms with Crippen molar-refractivity contribution in [1.82, 2.24) is 5.32 Å². The molecule has 0 fully saturated rings. The minimum Gasteiger partial charge on any atom is -0.453 e. The van der Waals surface area contributed by atoms with Gasteiger partial charge in [-0.2, -0.15) is 0 Å². The summed E-state index contributed by atoms with van der Waals surface area (Å²) in [5, 5.41) is 1.86. The van der Waals surface area contributed by atoms with Crippen molar-refractivity contribution in [3.63, 3.8) is 0 Å². The molecule has 0 aliphatic rings. The maximum atomic E-state index is 11.7. The van der Waals surface area contributed by atoms with E-state index in [4.69, 9.17) is 10.5 Å². The number of esters is 1. The van der Waals surface area contributed by atoms with Gasteiger partial charge in [0.05, 0.1) is 6.42 Å². The van der Waals surface area contributed by atoms with Gasteiger partial charge in [0.15, 0.2) is 6.10 Å². The SMILES string of the molecule is C[C@@H](OC(=O)C[C@H](C)c1ccccc1)C(=O)NC(N)=O. The van der Waals surface area contributed by atoms with Crippen molar-refractivity contribution in [2.45, 2.75) is 32.3 Å². The lowest BCUT2D eigenvalue weighted by Crippen LogP contribution is -2.42. The van der Waals surface area contributed by atoms with E-state index in [0.717, 1.165) is 5.56 Å². The number of nitrogens with one attached hydrogen (secondary N) is 1. The number of benzene rings is 1. The minimum atomic E-state index is -1.06. The molecule has 0 aliphatic carbocycles. The second-order valence-electron chi connectivity index (χ2n) is 4.50. The quantitative estimate of drug-likeness (QED) is 0.793. The fourth-order valence-electron chi connectivity index (χ4n) is 1.67. The Morgan fingerprint density at radius 2 is 1.80 bits per heavy atom. The third-order valence-corrected chi connectivity index (χ3v) is 2.77. The summed E-state index contributed by atoms with van der Waals surface area (Å²) in [4.78, 5) is 33.6. The molecule has 0 saturated heterocycles. The molecule has 1 rings (SSSR count). The molecule has 20 heavy (non-hydrogen) atoms. The second-order valence-corrected chi connectivity index (χ2v) is 4.50. The third-order valence-electron chi connectivity index (χ3n) is 2.77. The summed E-state index contributed by atoms with van der Waals surface area (Å²) in [6.45, 7) is 3.27. The van der Waals surface area contributed by atoms with E-state index < -0.39 is 24.0 Å². The fourth-order valence-corrected chi connectivity index (χ4v) is 1.67. The summed E-state index contributed by atoms with van der Waals surface area (Å²) in [6.07, 6.45) is -0.906. The number of urea groups is 1. The summed E-state index contributed by atoms with van der Waals surface area (Å²) in [5.41, 5.74) is 5.82. The molecule has 2 atom stereocenters. The summed E-state index contributed by atoms with van der Waals surface area (Å²) in [5.74, 6) is -1.26. The van der Waals surface area contributed by atoms with Gasteiger partial charge >= 0.3 is 12.0 Å². The van der Waals surface area contributed by atoms with E-state index in [1.54, 1.807) is 0 Å². The van der Waals surface area contributed by atoms with E-state index >= 15 is 0 Å². The monoisotopic (exact) mass is 278 g/mol. The number of imide groups is 1. The van der Waals surface area contributed by atoms with Gasteiger partial charge in [-0.1, -0.05) is 37.3 Å². The largest absolute Gasteiger partial charge is 0.453 e. The number of carbonyl (C=O) groups is 3. The number of primary amides is 1. The topological polar surface area (TPSA) is 98.5 Å². The Morgan fingerprint density at radius 1 is 1.20 bits per heavy atom. The summed E-state index contributed by atoms with van der Waals surface area (Å²) in [7, 11) is 0. The predicted octanol–water partition coefficient (Wildman–Crippen LogP) is 1.31. The Balaban J connectivity index is 2.47. The number of rotatable bonds is 5. The zero-order chi connectivity index (χ0) is 15.1. The fraction of sp³-hybridized carbons (Fsp3) is 0.357. The molecule has 0 aliphatic heterocycles. The standard InChI is InChI=1S/C14H18N2O4/c1-9(11-6-4-3-5-7-11)8-12(17)20-10(2)13(18)16-14(15)19/h3-7,9-10H,8H2,1-2H3,(H3,15,16,18,19)/t9-,10+/m0/s1. The van der Waals surface area contributed by atoms with Gasteiger partial charge in [-0.3, -0.25) is 14.9 Å². The molecule has 3 N–H and O–H groups in total. The highest BCUT2D eigenvalue weighted by molar-refractivity contribution is 5.96. The Morgan fingerprint density at radius 3 is 2.35 bits per heavy atom. The van der Waals surface area contributed by atoms with Gasteiger partial charge in [0.2, 0.25) is 0 Å². The maximum Gasteiger partial charge on any atom is 0.318 e. The van der Waals surface area contributed by atoms with E-state index in [0.29, 0.717) is 0 Å². The number of nitrogens with two attached hydrogens (primary N) is 1. The zero-order valence-electron chi connectivity index (χ0n) is 11.5. The van der Waals surface area contributed by atoms with E-state index in [1.807, 2.05) is 42.6 Å². The normalized spacial score (nSPS) is 13.1. The van der Waals surface area contributed by atoms with Gasteiger partial charge < -0.3 is 10.5 Å². The molecular formula is C14H18N2O4. The van der Waals surface area contributed by atoms with Crippen LogP contribution in [0, 0.1) is 0 Å². The highest BCUT2D eigenvalue weighted by Gasteiger charge is 2.20. The zero-order valence-corrected chi connectivity index (χ0v) is 11.5. The first-order valence-corrected chi connectivity index (χ1v) is 6.25. The first-order valence-electron chi connectivity index (χ1n) is 6.25. The van der Waals surface area contributed by atoms with Gasteiger partial charge in [0.25, 0.3) is 5.91 Å². The van der Waals surface area contributed by atoms with Crippen LogP contribution in [0.4, 0.5) is 4.79 Å². The van der Waals surface area contributed by atoms with Crippen molar-refractivity contribution in [2.24, 2.45) is 5.73 Å². The summed E-state index contributed by atoms with van der Waals surface area (Å²) in [6, 6.07) is 8.53. The molecule has 0 saturated carbocycles. The van der Waals surface area contributed by atoms with E-state index in [1.165, 1.54) is 6.92 Å². The van der Waals surface area contributed by atoms with Gasteiger partial charge in [0, 0.05) is 0 Å². The molecule has 0 aromatic heterocycles. The van der Waals surface area contributed by atoms with Crippen molar-refractivity contribution in [3.05, 3.63) is 35.9 Å². The van der Waals surface area contributed by atoms with Crippen molar-refractivity contribution in [3.8, 4) is 0 Å². The minimum absolute atomic E-state index is 0.0184. The average Bonchev–Trinajstić information content (AvgIpc) is 2.38. The molecule has 6 heteroatoms. The highest BCUT2D eigenvalue weighted by Crippen LogP contribution is 2.19. The third kappa shape index (κ3) is 5.09. The molecule has 1 aromatic rings. The number of hydrogen-bond donors (Lipinski definition) is 2. The van der Waals surface area contributed by atoms with E-state index in [9.17, 15) is 14.4 Å². The van der Waals surface area contributed by atoms with Crippen LogP contribution in [0.15, 0.2) is 30.3 Å². The average molecular weight is 278 g/mol. The van der Waals surface area contributed by atoms with E-state index in [-0.39, 0.29) is 12.3 Å². The van der Waals surface area contributed by atoms with Crippen molar-refractivity contribution in [1.29, 1.82) is 0 Å². The summed E-state index contributed by atoms with van der Waals surface area (Å²) >= 11 is 0. The lowest BCUT2D eigenvalue weighted by atomic mass is 9.98. The van der Waals surface area contributed by atoms with Gasteiger partial charge in [-0.15, -0.1) is 0 Å². The first-order chi connectivity index (χ1) is 9.40. The van der Waals surface area contributed by atoms with Crippen molar-refractivity contribution in [2.75, 3.05) is 0 Å². The Labute approximate surface area is 117 Å². The van der Waals surface area contributed by atoms with Crippen LogP contribution >= 0.6 is 0 Å². The molecule has 0 bridgehead atoms. The Hall–Kier alpha value is -2.37. The smallest absolute Gasteiger partial charge is 0.318 e. The number of hydrogen-bond acceptors (Lipinski definition) is 4. The number of ether oxygens (including phenoxy) is 1. The molecule has 1 aromatic carbocycles. The Kier molecular flexibility index (Phi) is 5.71. The Bertz CT molecular complexity index is 487. The van der Waals surface area contributed by atoms with Crippen molar-refractivity contribution < 1.29 is 19.1 Å². The molecule has 3 amide bonds. The molecule has 0 radical (unpaired) electrons. The van der Waals surface area contributed by atoms with Gasteiger partial charge in [0.1, 0.15) is 0 Å². The van der Waals surface area contributed by atoms with Crippen LogP contribution in [-0.4, -0.2) is 24.0 Å². The van der Waals surface area contributed by atoms with Crippen LogP contribution in [0.3, 0.4) is 0 Å².